The molecule has 1 aromatic rings. The number of terminal acetylenes is 1. The number of anilines is 1. The van der Waals surface area contributed by atoms with Gasteiger partial charge >= 0.3 is 5.97 Å². The zero-order chi connectivity index (χ0) is 14.5. The Balaban J connectivity index is 2.25. The molecule has 0 radical (unpaired) electrons. The minimum Gasteiger partial charge on any atom is -0.489 e. The van der Waals surface area contributed by atoms with Crippen molar-refractivity contribution in [3.63, 3.8) is 0 Å². The van der Waals surface area contributed by atoms with Crippen LogP contribution < -0.4 is 15.0 Å². The summed E-state index contributed by atoms with van der Waals surface area (Å²) < 4.78 is 5.39. The van der Waals surface area contributed by atoms with Crippen LogP contribution in [0, 0.1) is 12.3 Å². The molecule has 0 saturated heterocycles. The van der Waals surface area contributed by atoms with Crippen LogP contribution in [0.2, 0.25) is 0 Å². The third kappa shape index (κ3) is 2.73. The SMILES string of the molecule is C#CCNCC(=O)N1CCOc2c(C(=O)O)cccc21. The maximum atomic E-state index is 12.1. The van der Waals surface area contributed by atoms with Crippen molar-refractivity contribution in [3.05, 3.63) is 23.8 Å². The lowest BCUT2D eigenvalue weighted by Gasteiger charge is -2.30. The second kappa shape index (κ2) is 6.08. The molecule has 6 nitrogen and oxygen atoms in total. The van der Waals surface area contributed by atoms with Crippen LogP contribution in [0.15, 0.2) is 18.2 Å². The number of carbonyl (C=O) groups excluding carboxylic acids is 1. The molecule has 0 fully saturated rings. The van der Waals surface area contributed by atoms with Crippen molar-refractivity contribution in [2.75, 3.05) is 31.1 Å². The first-order valence-electron chi connectivity index (χ1n) is 6.09. The smallest absolute Gasteiger partial charge is 0.339 e. The number of nitrogens with zero attached hydrogens (tertiary/aromatic N) is 1. The normalized spacial score (nSPS) is 13.1. The minimum absolute atomic E-state index is 0.0524. The monoisotopic (exact) mass is 274 g/mol. The van der Waals surface area contributed by atoms with Crippen molar-refractivity contribution in [2.45, 2.75) is 0 Å². The van der Waals surface area contributed by atoms with Gasteiger partial charge in [0.05, 0.1) is 25.3 Å². The van der Waals surface area contributed by atoms with Crippen LogP contribution in [0.3, 0.4) is 0 Å². The second-order valence-corrected chi connectivity index (χ2v) is 4.16. The Morgan fingerprint density at radius 1 is 1.50 bits per heavy atom. The van der Waals surface area contributed by atoms with E-state index in [-0.39, 0.29) is 30.4 Å². The highest BCUT2D eigenvalue weighted by molar-refractivity contribution is 6.00. The van der Waals surface area contributed by atoms with E-state index >= 15 is 0 Å². The molecule has 0 unspecified atom stereocenters. The molecule has 2 rings (SSSR count). The summed E-state index contributed by atoms with van der Waals surface area (Å²) in [6.07, 6.45) is 5.10. The molecule has 0 saturated carbocycles. The van der Waals surface area contributed by atoms with Crippen molar-refractivity contribution >= 4 is 17.6 Å². The largest absolute Gasteiger partial charge is 0.489 e. The molecule has 1 heterocycles. The number of hydrogen-bond donors (Lipinski definition) is 2. The lowest BCUT2D eigenvalue weighted by atomic mass is 10.1. The van der Waals surface area contributed by atoms with E-state index in [1.807, 2.05) is 0 Å². The molecule has 1 aliphatic rings. The molecule has 1 aromatic carbocycles. The van der Waals surface area contributed by atoms with Crippen molar-refractivity contribution < 1.29 is 19.4 Å². The maximum absolute atomic E-state index is 12.1. The fraction of sp³-hybridized carbons (Fsp3) is 0.286. The molecule has 104 valence electrons. The molecule has 20 heavy (non-hydrogen) atoms. The number of amides is 1. The Bertz CT molecular complexity index is 577. The predicted molar refractivity (Wildman–Crippen MR) is 73.0 cm³/mol. The van der Waals surface area contributed by atoms with Crippen LogP contribution >= 0.6 is 0 Å². The van der Waals surface area contributed by atoms with Crippen LogP contribution in [-0.2, 0) is 4.79 Å². The van der Waals surface area contributed by atoms with Crippen LogP contribution in [0.25, 0.3) is 0 Å². The number of nitrogens with one attached hydrogen (secondary N) is 1. The first-order valence-corrected chi connectivity index (χ1v) is 6.09. The van der Waals surface area contributed by atoms with Crippen molar-refractivity contribution in [2.24, 2.45) is 0 Å². The molecule has 1 aliphatic heterocycles. The maximum Gasteiger partial charge on any atom is 0.339 e. The number of rotatable bonds is 4. The standard InChI is InChI=1S/C14H14N2O4/c1-2-6-15-9-12(17)16-7-8-20-13-10(14(18)19)4-3-5-11(13)16/h1,3-5,15H,6-9H2,(H,18,19). The fourth-order valence-corrected chi connectivity index (χ4v) is 2.01. The van der Waals surface area contributed by atoms with Gasteiger partial charge in [-0.1, -0.05) is 12.0 Å². The van der Waals surface area contributed by atoms with Gasteiger partial charge in [0, 0.05) is 0 Å². The van der Waals surface area contributed by atoms with Gasteiger partial charge in [0.25, 0.3) is 0 Å². The highest BCUT2D eigenvalue weighted by atomic mass is 16.5. The third-order valence-corrected chi connectivity index (χ3v) is 2.88. The van der Waals surface area contributed by atoms with Crippen molar-refractivity contribution in [1.29, 1.82) is 0 Å². The summed E-state index contributed by atoms with van der Waals surface area (Å²) in [4.78, 5) is 24.8. The highest BCUT2D eigenvalue weighted by Gasteiger charge is 2.27. The van der Waals surface area contributed by atoms with Crippen molar-refractivity contribution in [3.8, 4) is 18.1 Å². The van der Waals surface area contributed by atoms with Crippen LogP contribution in [0.5, 0.6) is 5.75 Å². The van der Waals surface area contributed by atoms with Gasteiger partial charge in [0.15, 0.2) is 5.75 Å². The summed E-state index contributed by atoms with van der Waals surface area (Å²) in [5.74, 6) is 1.36. The van der Waals surface area contributed by atoms with E-state index in [0.29, 0.717) is 18.8 Å². The van der Waals surface area contributed by atoms with Gasteiger partial charge in [0.1, 0.15) is 12.2 Å². The summed E-state index contributed by atoms with van der Waals surface area (Å²) in [5.41, 5.74) is 0.528. The number of ether oxygens (including phenoxy) is 1. The first-order chi connectivity index (χ1) is 9.65. The fourth-order valence-electron chi connectivity index (χ4n) is 2.01. The van der Waals surface area contributed by atoms with E-state index in [4.69, 9.17) is 16.3 Å². The lowest BCUT2D eigenvalue weighted by Crippen LogP contribution is -2.43. The topological polar surface area (TPSA) is 78.9 Å². The summed E-state index contributed by atoms with van der Waals surface area (Å²) in [7, 11) is 0. The second-order valence-electron chi connectivity index (χ2n) is 4.16. The Morgan fingerprint density at radius 2 is 2.30 bits per heavy atom. The average molecular weight is 274 g/mol. The molecule has 0 aromatic heterocycles. The van der Waals surface area contributed by atoms with Gasteiger partial charge in [-0.2, -0.15) is 0 Å². The Morgan fingerprint density at radius 3 is 3.00 bits per heavy atom. The lowest BCUT2D eigenvalue weighted by molar-refractivity contribution is -0.118. The average Bonchev–Trinajstić information content (AvgIpc) is 2.46. The van der Waals surface area contributed by atoms with Gasteiger partial charge in [-0.15, -0.1) is 6.42 Å². The highest BCUT2D eigenvalue weighted by Crippen LogP contribution is 2.34. The van der Waals surface area contributed by atoms with Gasteiger partial charge in [-0.25, -0.2) is 4.79 Å². The molecule has 0 atom stereocenters. The van der Waals surface area contributed by atoms with Gasteiger partial charge in [-0.3, -0.25) is 10.1 Å². The van der Waals surface area contributed by atoms with Crippen molar-refractivity contribution in [1.82, 2.24) is 5.32 Å². The molecular weight excluding hydrogens is 260 g/mol. The van der Waals surface area contributed by atoms with Gasteiger partial charge in [0.2, 0.25) is 5.91 Å². The van der Waals surface area contributed by atoms with E-state index in [0.717, 1.165) is 0 Å². The van der Waals surface area contributed by atoms with E-state index in [2.05, 4.69) is 11.2 Å². The van der Waals surface area contributed by atoms with Crippen LogP contribution in [0.4, 0.5) is 5.69 Å². The molecule has 0 spiro atoms. The third-order valence-electron chi connectivity index (χ3n) is 2.88. The minimum atomic E-state index is -1.08. The first kappa shape index (κ1) is 13.9. The Kier molecular flexibility index (Phi) is 4.23. The Labute approximate surface area is 116 Å². The number of fused-ring (bicyclic) bond motifs is 1. The van der Waals surface area contributed by atoms with Gasteiger partial charge < -0.3 is 14.7 Å². The summed E-state index contributed by atoms with van der Waals surface area (Å²) in [6, 6.07) is 4.71. The molecule has 6 heteroatoms. The van der Waals surface area contributed by atoms with E-state index in [1.54, 1.807) is 12.1 Å². The number of aromatic carboxylic acids is 1. The number of hydrogen-bond acceptors (Lipinski definition) is 4. The summed E-state index contributed by atoms with van der Waals surface area (Å²) in [6.45, 7) is 1.05. The molecular formula is C14H14N2O4. The molecule has 2 N–H and O–H groups in total. The number of carbonyl (C=O) groups is 2. The van der Waals surface area contributed by atoms with E-state index < -0.39 is 5.97 Å². The Hall–Kier alpha value is -2.52. The number of carboxylic acids is 1. The molecule has 0 aliphatic carbocycles. The van der Waals surface area contributed by atoms with Gasteiger partial charge in [-0.05, 0) is 12.1 Å². The number of benzene rings is 1. The van der Waals surface area contributed by atoms with Crippen LogP contribution in [0.1, 0.15) is 10.4 Å². The molecule has 1 amide bonds. The van der Waals surface area contributed by atoms with Crippen LogP contribution in [-0.4, -0.2) is 43.2 Å². The van der Waals surface area contributed by atoms with E-state index in [9.17, 15) is 9.59 Å². The number of carboxylic acid groups (broad SMARTS) is 1. The van der Waals surface area contributed by atoms with E-state index in [1.165, 1.54) is 11.0 Å². The predicted octanol–water partition coefficient (Wildman–Crippen LogP) is 0.333. The molecule has 0 bridgehead atoms. The zero-order valence-electron chi connectivity index (χ0n) is 10.8. The number of para-hydroxylation sites is 1. The zero-order valence-corrected chi connectivity index (χ0v) is 10.8. The summed E-state index contributed by atoms with van der Waals surface area (Å²) >= 11 is 0. The quantitative estimate of drug-likeness (QED) is 0.611. The summed E-state index contributed by atoms with van der Waals surface area (Å²) in [5, 5.41) is 11.9.